The van der Waals surface area contributed by atoms with Crippen LogP contribution < -0.4 is 0 Å². The molecule has 0 fully saturated rings. The van der Waals surface area contributed by atoms with Gasteiger partial charge in [0.1, 0.15) is 0 Å². The van der Waals surface area contributed by atoms with Gasteiger partial charge in [0, 0.05) is 16.0 Å². The molecular formula is C11H9ClO4S. The van der Waals surface area contributed by atoms with Gasteiger partial charge in [0.05, 0.1) is 10.8 Å². The van der Waals surface area contributed by atoms with Gasteiger partial charge in [-0.1, -0.05) is 17.7 Å². The van der Waals surface area contributed by atoms with Crippen LogP contribution in [0.3, 0.4) is 0 Å². The van der Waals surface area contributed by atoms with E-state index in [0.717, 1.165) is 5.41 Å². The molecule has 0 radical (unpaired) electrons. The minimum Gasteiger partial charge on any atom is -0.481 e. The summed E-state index contributed by atoms with van der Waals surface area (Å²) < 4.78 is 23.6. The van der Waals surface area contributed by atoms with Crippen LogP contribution in [-0.4, -0.2) is 19.5 Å². The lowest BCUT2D eigenvalue weighted by Gasteiger charge is -2.10. The van der Waals surface area contributed by atoms with Gasteiger partial charge >= 0.3 is 5.97 Å². The molecule has 1 N–H and O–H groups in total. The summed E-state index contributed by atoms with van der Waals surface area (Å²) in [6.45, 7) is 1.43. The molecule has 2 rings (SSSR count). The van der Waals surface area contributed by atoms with Crippen molar-refractivity contribution in [1.29, 1.82) is 0 Å². The van der Waals surface area contributed by atoms with Crippen molar-refractivity contribution in [2.45, 2.75) is 11.8 Å². The van der Waals surface area contributed by atoms with Gasteiger partial charge in [0.25, 0.3) is 0 Å². The number of fused-ring (bicyclic) bond motifs is 1. The second-order valence-electron chi connectivity index (χ2n) is 3.79. The molecule has 0 aliphatic carbocycles. The summed E-state index contributed by atoms with van der Waals surface area (Å²) in [6, 6.07) is 4.50. The molecule has 0 amide bonds. The standard InChI is InChI=1S/C11H9ClO4S/c1-6(11(13)14)7-5-17(15,16)9-4-2-3-8(12)10(7)9/h2-6H,1H3,(H,13,14). The maximum absolute atomic E-state index is 11.8. The number of hydrogen-bond donors (Lipinski definition) is 1. The normalized spacial score (nSPS) is 18.4. The van der Waals surface area contributed by atoms with E-state index in [2.05, 4.69) is 0 Å². The predicted molar refractivity (Wildman–Crippen MR) is 63.4 cm³/mol. The van der Waals surface area contributed by atoms with E-state index in [1.54, 1.807) is 6.07 Å². The monoisotopic (exact) mass is 272 g/mol. The number of rotatable bonds is 2. The van der Waals surface area contributed by atoms with Crippen molar-refractivity contribution in [3.05, 3.63) is 34.2 Å². The number of carbonyl (C=O) groups is 1. The molecule has 0 saturated heterocycles. The Bertz CT molecular complexity index is 631. The summed E-state index contributed by atoms with van der Waals surface area (Å²) >= 11 is 5.94. The number of carboxylic acids is 1. The Labute approximate surface area is 103 Å². The molecule has 1 unspecified atom stereocenters. The van der Waals surface area contributed by atoms with Gasteiger partial charge in [-0.2, -0.15) is 0 Å². The Morgan fingerprint density at radius 1 is 1.41 bits per heavy atom. The van der Waals surface area contributed by atoms with E-state index in [4.69, 9.17) is 16.7 Å². The molecule has 0 bridgehead atoms. The Morgan fingerprint density at radius 2 is 2.06 bits per heavy atom. The zero-order chi connectivity index (χ0) is 12.8. The van der Waals surface area contributed by atoms with Crippen molar-refractivity contribution in [2.75, 3.05) is 0 Å². The third-order valence-electron chi connectivity index (χ3n) is 2.69. The van der Waals surface area contributed by atoms with Gasteiger partial charge in [0.15, 0.2) is 0 Å². The number of halogens is 1. The van der Waals surface area contributed by atoms with Gasteiger partial charge in [0.2, 0.25) is 9.84 Å². The maximum Gasteiger partial charge on any atom is 0.310 e. The van der Waals surface area contributed by atoms with E-state index in [-0.39, 0.29) is 15.5 Å². The zero-order valence-corrected chi connectivity index (χ0v) is 10.4. The molecule has 1 aliphatic heterocycles. The van der Waals surface area contributed by atoms with E-state index < -0.39 is 21.7 Å². The van der Waals surface area contributed by atoms with Gasteiger partial charge in [-0.05, 0) is 24.6 Å². The number of benzene rings is 1. The predicted octanol–water partition coefficient (Wildman–Crippen LogP) is 2.19. The fourth-order valence-electron chi connectivity index (χ4n) is 1.76. The zero-order valence-electron chi connectivity index (χ0n) is 8.84. The van der Waals surface area contributed by atoms with Crippen LogP contribution in [-0.2, 0) is 14.6 Å². The first-order valence-corrected chi connectivity index (χ1v) is 6.75. The van der Waals surface area contributed by atoms with Crippen LogP contribution in [0.25, 0.3) is 5.57 Å². The van der Waals surface area contributed by atoms with Crippen LogP contribution in [0.1, 0.15) is 12.5 Å². The molecule has 0 spiro atoms. The van der Waals surface area contributed by atoms with Crippen molar-refractivity contribution < 1.29 is 18.3 Å². The molecule has 0 aromatic heterocycles. The lowest BCUT2D eigenvalue weighted by Crippen LogP contribution is -2.10. The van der Waals surface area contributed by atoms with Crippen LogP contribution in [0.2, 0.25) is 5.02 Å². The summed E-state index contributed by atoms with van der Waals surface area (Å²) in [7, 11) is -3.57. The number of aliphatic carboxylic acids is 1. The van der Waals surface area contributed by atoms with Gasteiger partial charge in [-0.3, -0.25) is 4.79 Å². The first-order valence-electron chi connectivity index (χ1n) is 4.83. The minimum absolute atomic E-state index is 0.0769. The number of sulfone groups is 1. The van der Waals surface area contributed by atoms with Gasteiger partial charge < -0.3 is 5.11 Å². The van der Waals surface area contributed by atoms with Crippen LogP contribution in [0.15, 0.2) is 28.5 Å². The van der Waals surface area contributed by atoms with Crippen LogP contribution in [0.5, 0.6) is 0 Å². The van der Waals surface area contributed by atoms with E-state index in [1.807, 2.05) is 0 Å². The van der Waals surface area contributed by atoms with Crippen LogP contribution >= 0.6 is 11.6 Å². The Morgan fingerprint density at radius 3 is 2.65 bits per heavy atom. The average molecular weight is 273 g/mol. The average Bonchev–Trinajstić information content (AvgIpc) is 2.51. The molecule has 90 valence electrons. The lowest BCUT2D eigenvalue weighted by molar-refractivity contribution is -0.139. The molecular weight excluding hydrogens is 264 g/mol. The van der Waals surface area contributed by atoms with Gasteiger partial charge in [-0.15, -0.1) is 0 Å². The molecule has 17 heavy (non-hydrogen) atoms. The number of hydrogen-bond acceptors (Lipinski definition) is 3. The first-order chi connectivity index (χ1) is 7.84. The lowest BCUT2D eigenvalue weighted by atomic mass is 9.96. The van der Waals surface area contributed by atoms with E-state index in [0.29, 0.717) is 5.56 Å². The van der Waals surface area contributed by atoms with Crippen molar-refractivity contribution in [1.82, 2.24) is 0 Å². The Hall–Kier alpha value is -1.33. The molecule has 6 heteroatoms. The third kappa shape index (κ3) is 1.85. The summed E-state index contributed by atoms with van der Waals surface area (Å²) in [6.07, 6.45) is 0. The summed E-state index contributed by atoms with van der Waals surface area (Å²) in [5.74, 6) is -2.00. The SMILES string of the molecule is CC(C(=O)O)C1=CS(=O)(=O)c2cccc(Cl)c21. The smallest absolute Gasteiger partial charge is 0.310 e. The van der Waals surface area contributed by atoms with E-state index >= 15 is 0 Å². The second kappa shape index (κ2) is 3.85. The summed E-state index contributed by atoms with van der Waals surface area (Å²) in [4.78, 5) is 11.0. The quantitative estimate of drug-likeness (QED) is 0.896. The topological polar surface area (TPSA) is 71.4 Å². The molecule has 1 heterocycles. The highest BCUT2D eigenvalue weighted by Gasteiger charge is 2.33. The fraction of sp³-hybridized carbons (Fsp3) is 0.182. The molecule has 1 aliphatic rings. The fourth-order valence-corrected chi connectivity index (χ4v) is 3.67. The highest BCUT2D eigenvalue weighted by Crippen LogP contribution is 2.41. The minimum atomic E-state index is -3.57. The Kier molecular flexibility index (Phi) is 2.75. The molecule has 1 aromatic carbocycles. The highest BCUT2D eigenvalue weighted by atomic mass is 35.5. The first kappa shape index (κ1) is 12.1. The summed E-state index contributed by atoms with van der Waals surface area (Å²) in [5, 5.41) is 10.2. The van der Waals surface area contributed by atoms with Gasteiger partial charge in [-0.25, -0.2) is 8.42 Å². The highest BCUT2D eigenvalue weighted by molar-refractivity contribution is 7.95. The summed E-state index contributed by atoms with van der Waals surface area (Å²) in [5.41, 5.74) is 0.544. The Balaban J connectivity index is 2.72. The van der Waals surface area contributed by atoms with Crippen LogP contribution in [0.4, 0.5) is 0 Å². The second-order valence-corrected chi connectivity index (χ2v) is 5.96. The molecule has 4 nitrogen and oxygen atoms in total. The maximum atomic E-state index is 11.8. The van der Waals surface area contributed by atoms with Crippen molar-refractivity contribution >= 4 is 33.0 Å². The largest absolute Gasteiger partial charge is 0.481 e. The molecule has 0 saturated carbocycles. The van der Waals surface area contributed by atoms with E-state index in [1.165, 1.54) is 19.1 Å². The molecule has 1 atom stereocenters. The van der Waals surface area contributed by atoms with Crippen LogP contribution in [0, 0.1) is 5.92 Å². The van der Waals surface area contributed by atoms with Crippen molar-refractivity contribution in [2.24, 2.45) is 5.92 Å². The van der Waals surface area contributed by atoms with Crippen molar-refractivity contribution in [3.8, 4) is 0 Å². The van der Waals surface area contributed by atoms with E-state index in [9.17, 15) is 13.2 Å². The number of carboxylic acid groups (broad SMARTS) is 1. The third-order valence-corrected chi connectivity index (χ3v) is 4.52. The molecule has 1 aromatic rings. The van der Waals surface area contributed by atoms with Crippen molar-refractivity contribution in [3.63, 3.8) is 0 Å².